The zero-order valence-electron chi connectivity index (χ0n) is 19.5. The number of esters is 2. The van der Waals surface area contributed by atoms with Gasteiger partial charge in [-0.3, -0.25) is 0 Å². The lowest BCUT2D eigenvalue weighted by molar-refractivity contribution is -0.198. The van der Waals surface area contributed by atoms with E-state index in [1.165, 1.54) is 6.08 Å². The summed E-state index contributed by atoms with van der Waals surface area (Å²) >= 11 is 0. The van der Waals surface area contributed by atoms with Crippen molar-refractivity contribution in [2.75, 3.05) is 0 Å². The predicted octanol–water partition coefficient (Wildman–Crippen LogP) is 5.12. The van der Waals surface area contributed by atoms with E-state index < -0.39 is 35.7 Å². The first-order valence-corrected chi connectivity index (χ1v) is 11.0. The lowest BCUT2D eigenvalue weighted by Crippen LogP contribution is -2.54. The van der Waals surface area contributed by atoms with Crippen LogP contribution in [0.15, 0.2) is 34.0 Å². The van der Waals surface area contributed by atoms with Crippen molar-refractivity contribution < 1.29 is 28.6 Å². The zero-order valence-corrected chi connectivity index (χ0v) is 19.5. The van der Waals surface area contributed by atoms with Gasteiger partial charge in [-0.2, -0.15) is 0 Å². The molecule has 0 aliphatic heterocycles. The van der Waals surface area contributed by atoms with Gasteiger partial charge in [-0.25, -0.2) is 9.59 Å². The van der Waals surface area contributed by atoms with Crippen LogP contribution in [0.1, 0.15) is 83.5 Å². The highest BCUT2D eigenvalue weighted by Gasteiger charge is 2.61. The molecule has 6 unspecified atom stereocenters. The molecule has 170 valence electrons. The molecular formula is C25H34O6. The second-order valence-electron chi connectivity index (χ2n) is 9.44. The number of carbonyl (C=O) groups is 2. The second-order valence-corrected chi connectivity index (χ2v) is 9.44. The number of furan rings is 1. The molecule has 1 N–H and O–H groups in total. The maximum absolute atomic E-state index is 12.7. The normalized spacial score (nSPS) is 32.5. The molecule has 6 nitrogen and oxygen atoms in total. The Hall–Kier alpha value is -2.34. The first-order chi connectivity index (χ1) is 14.5. The lowest BCUT2D eigenvalue weighted by atomic mass is 9.52. The fraction of sp³-hybridized carbons (Fsp3) is 0.600. The third-order valence-corrected chi connectivity index (χ3v) is 7.26. The van der Waals surface area contributed by atoms with E-state index in [0.29, 0.717) is 24.2 Å². The summed E-state index contributed by atoms with van der Waals surface area (Å²) in [5.74, 6) is -0.627. The van der Waals surface area contributed by atoms with E-state index in [-0.39, 0.29) is 11.8 Å². The van der Waals surface area contributed by atoms with Gasteiger partial charge in [0.25, 0.3) is 0 Å². The maximum Gasteiger partial charge on any atom is 0.334 e. The van der Waals surface area contributed by atoms with Crippen LogP contribution in [0.25, 0.3) is 0 Å². The Morgan fingerprint density at radius 2 is 1.90 bits per heavy atom. The van der Waals surface area contributed by atoms with Crippen molar-refractivity contribution in [1.29, 1.82) is 0 Å². The van der Waals surface area contributed by atoms with Crippen LogP contribution >= 0.6 is 0 Å². The van der Waals surface area contributed by atoms with Gasteiger partial charge in [-0.05, 0) is 58.9 Å². The maximum atomic E-state index is 12.7. The summed E-state index contributed by atoms with van der Waals surface area (Å²) in [5.41, 5.74) is 2.30. The van der Waals surface area contributed by atoms with E-state index in [2.05, 4.69) is 0 Å². The predicted molar refractivity (Wildman–Crippen MR) is 116 cm³/mol. The average Bonchev–Trinajstić information content (AvgIpc) is 3.08. The molecule has 1 aromatic heterocycles. The molecule has 6 atom stereocenters. The van der Waals surface area contributed by atoms with Crippen LogP contribution in [0.5, 0.6) is 0 Å². The van der Waals surface area contributed by atoms with E-state index >= 15 is 0 Å². The molecule has 1 aromatic rings. The molecule has 0 amide bonds. The molecule has 3 rings (SSSR count). The van der Waals surface area contributed by atoms with Crippen LogP contribution in [0.2, 0.25) is 0 Å². The number of aryl methyl sites for hydroxylation is 1. The summed E-state index contributed by atoms with van der Waals surface area (Å²) in [4.78, 5) is 25.4. The highest BCUT2D eigenvalue weighted by molar-refractivity contribution is 5.87. The average molecular weight is 431 g/mol. The minimum atomic E-state index is -0.640. The molecule has 1 fully saturated rings. The first kappa shape index (κ1) is 23.3. The smallest absolute Gasteiger partial charge is 0.334 e. The van der Waals surface area contributed by atoms with Crippen LogP contribution in [0.3, 0.4) is 0 Å². The molecule has 2 aliphatic carbocycles. The van der Waals surface area contributed by atoms with Gasteiger partial charge >= 0.3 is 11.9 Å². The van der Waals surface area contributed by atoms with Gasteiger partial charge in [-0.15, -0.1) is 0 Å². The molecule has 2 aliphatic rings. The van der Waals surface area contributed by atoms with Crippen LogP contribution in [0.4, 0.5) is 0 Å². The standard InChI is InChI=1S/C25H34O6/c1-8-14(4)24(28)31-21-17-9-10-18(26)16(6)25(17,7)23(30-19(27)11-13(2)3)20-15(5)12-29-22(20)21/h8,11-12,16-18,21,23,26H,9-10H2,1-7H3/b14-8-. The SMILES string of the molecule is C/C=C(/C)C(=O)OC1c2occ(C)c2C(OC(=O)C=C(C)C)C2(C)C(C)C(O)CCC12. The molecule has 0 bridgehead atoms. The Morgan fingerprint density at radius 1 is 1.23 bits per heavy atom. The molecule has 1 heterocycles. The summed E-state index contributed by atoms with van der Waals surface area (Å²) < 4.78 is 17.9. The van der Waals surface area contributed by atoms with Gasteiger partial charge in [0.2, 0.25) is 0 Å². The Labute approximate surface area is 184 Å². The van der Waals surface area contributed by atoms with Crippen molar-refractivity contribution in [3.05, 3.63) is 46.4 Å². The van der Waals surface area contributed by atoms with Gasteiger partial charge < -0.3 is 19.0 Å². The van der Waals surface area contributed by atoms with Gasteiger partial charge in [0.05, 0.1) is 12.4 Å². The van der Waals surface area contributed by atoms with Crippen molar-refractivity contribution in [3.8, 4) is 0 Å². The Morgan fingerprint density at radius 3 is 2.52 bits per heavy atom. The minimum absolute atomic E-state index is 0.165. The second kappa shape index (κ2) is 8.65. The van der Waals surface area contributed by atoms with Crippen LogP contribution in [-0.4, -0.2) is 23.1 Å². The van der Waals surface area contributed by atoms with Crippen LogP contribution in [-0.2, 0) is 19.1 Å². The summed E-state index contributed by atoms with van der Waals surface area (Å²) in [6.45, 7) is 13.1. The fourth-order valence-corrected chi connectivity index (χ4v) is 5.13. The van der Waals surface area contributed by atoms with Crippen molar-refractivity contribution in [2.45, 2.75) is 79.6 Å². The van der Waals surface area contributed by atoms with Crippen LogP contribution in [0, 0.1) is 24.2 Å². The third kappa shape index (κ3) is 3.98. The highest BCUT2D eigenvalue weighted by atomic mass is 16.6. The Balaban J connectivity index is 2.15. The Kier molecular flexibility index (Phi) is 6.51. The molecule has 0 spiro atoms. The molecule has 0 saturated heterocycles. The summed E-state index contributed by atoms with van der Waals surface area (Å²) in [6, 6.07) is 0. The molecule has 31 heavy (non-hydrogen) atoms. The summed E-state index contributed by atoms with van der Waals surface area (Å²) in [6.07, 6.45) is 4.27. The summed E-state index contributed by atoms with van der Waals surface area (Å²) in [7, 11) is 0. The van der Waals surface area contributed by atoms with E-state index in [9.17, 15) is 14.7 Å². The quantitative estimate of drug-likeness (QED) is 0.527. The van der Waals surface area contributed by atoms with E-state index in [1.54, 1.807) is 26.2 Å². The molecule has 6 heteroatoms. The molecule has 0 radical (unpaired) electrons. The van der Waals surface area contributed by atoms with E-state index in [0.717, 1.165) is 16.7 Å². The number of fused-ring (bicyclic) bond motifs is 2. The minimum Gasteiger partial charge on any atom is -0.465 e. The fourth-order valence-electron chi connectivity index (χ4n) is 5.13. The third-order valence-electron chi connectivity index (χ3n) is 7.26. The number of hydrogen-bond donors (Lipinski definition) is 1. The monoisotopic (exact) mass is 430 g/mol. The number of aliphatic hydroxyl groups is 1. The number of allylic oxidation sites excluding steroid dienone is 2. The zero-order chi connectivity index (χ0) is 23.1. The molecule has 1 saturated carbocycles. The molecular weight excluding hydrogens is 396 g/mol. The van der Waals surface area contributed by atoms with Gasteiger partial charge in [0, 0.05) is 28.5 Å². The molecule has 0 aromatic carbocycles. The van der Waals surface area contributed by atoms with Gasteiger partial charge in [-0.1, -0.05) is 25.5 Å². The lowest BCUT2D eigenvalue weighted by Gasteiger charge is -2.55. The number of rotatable bonds is 4. The van der Waals surface area contributed by atoms with Crippen molar-refractivity contribution in [3.63, 3.8) is 0 Å². The highest BCUT2D eigenvalue weighted by Crippen LogP contribution is 2.63. The number of carbonyl (C=O) groups excluding carboxylic acids is 2. The van der Waals surface area contributed by atoms with E-state index in [1.807, 2.05) is 34.6 Å². The number of ether oxygens (including phenoxy) is 2. The van der Waals surface area contributed by atoms with Crippen molar-refractivity contribution >= 4 is 11.9 Å². The van der Waals surface area contributed by atoms with Gasteiger partial charge in [0.15, 0.2) is 11.9 Å². The first-order valence-electron chi connectivity index (χ1n) is 11.0. The number of hydrogen-bond acceptors (Lipinski definition) is 6. The number of aliphatic hydroxyl groups excluding tert-OH is 1. The topological polar surface area (TPSA) is 86.0 Å². The van der Waals surface area contributed by atoms with Crippen LogP contribution < -0.4 is 0 Å². The van der Waals surface area contributed by atoms with Crippen molar-refractivity contribution in [1.82, 2.24) is 0 Å². The van der Waals surface area contributed by atoms with Gasteiger partial charge in [0.1, 0.15) is 6.10 Å². The Bertz CT molecular complexity index is 918. The largest absolute Gasteiger partial charge is 0.465 e. The van der Waals surface area contributed by atoms with Crippen molar-refractivity contribution in [2.24, 2.45) is 17.3 Å². The summed E-state index contributed by atoms with van der Waals surface area (Å²) in [5, 5.41) is 10.7. The van der Waals surface area contributed by atoms with E-state index in [4.69, 9.17) is 13.9 Å².